The number of nitrogens with zero attached hydrogens (tertiary/aromatic N) is 1. The predicted octanol–water partition coefficient (Wildman–Crippen LogP) is 1.62. The van der Waals surface area contributed by atoms with Crippen molar-refractivity contribution >= 4 is 5.90 Å². The van der Waals surface area contributed by atoms with Crippen molar-refractivity contribution in [3.05, 3.63) is 29.3 Å². The van der Waals surface area contributed by atoms with Crippen molar-refractivity contribution in [2.45, 2.75) is 32.4 Å². The molecular formula is C13H17AcNO3. The van der Waals surface area contributed by atoms with E-state index in [1.807, 2.05) is 19.9 Å². The zero-order valence-electron chi connectivity index (χ0n) is 10.6. The maximum atomic E-state index is 9.71. The largest absolute Gasteiger partial charge is 0.508 e. The van der Waals surface area contributed by atoms with Crippen molar-refractivity contribution < 1.29 is 59.0 Å². The SMILES string of the molecule is CCC(O)[C@@H]1COC(c2cccc(O)c2C)=N1.[Ac]. The summed E-state index contributed by atoms with van der Waals surface area (Å²) in [6, 6.07) is 5.05. The second-order valence-corrected chi connectivity index (χ2v) is 4.24. The van der Waals surface area contributed by atoms with Crippen LogP contribution in [0.25, 0.3) is 0 Å². The molecule has 0 bridgehead atoms. The minimum absolute atomic E-state index is 0. The van der Waals surface area contributed by atoms with Gasteiger partial charge in [-0.15, -0.1) is 0 Å². The maximum Gasteiger partial charge on any atom is 0.217 e. The molecule has 2 atom stereocenters. The number of phenols is 1. The molecule has 95 valence electrons. The molecule has 1 unspecified atom stereocenters. The van der Waals surface area contributed by atoms with Gasteiger partial charge >= 0.3 is 0 Å². The van der Waals surface area contributed by atoms with Crippen molar-refractivity contribution in [3.63, 3.8) is 0 Å². The van der Waals surface area contributed by atoms with Gasteiger partial charge in [-0.3, -0.25) is 0 Å². The fourth-order valence-corrected chi connectivity index (χ4v) is 1.86. The number of benzene rings is 1. The number of aliphatic hydroxyl groups excluding tert-OH is 1. The molecule has 18 heavy (non-hydrogen) atoms. The summed E-state index contributed by atoms with van der Waals surface area (Å²) in [6.07, 6.45) is 0.189. The minimum Gasteiger partial charge on any atom is -0.508 e. The number of aliphatic hydroxyl groups is 1. The summed E-state index contributed by atoms with van der Waals surface area (Å²) in [5.74, 6) is 0.740. The molecule has 0 aliphatic carbocycles. The molecular weight excluding hydrogens is 445 g/mol. The summed E-state index contributed by atoms with van der Waals surface area (Å²) in [6.45, 7) is 4.14. The third kappa shape index (κ3) is 3.26. The first kappa shape index (κ1) is 15.9. The van der Waals surface area contributed by atoms with Gasteiger partial charge in [0.05, 0.1) is 6.10 Å². The van der Waals surface area contributed by atoms with E-state index >= 15 is 0 Å². The van der Waals surface area contributed by atoms with Crippen molar-refractivity contribution in [2.24, 2.45) is 4.99 Å². The van der Waals surface area contributed by atoms with Gasteiger partial charge in [0.1, 0.15) is 18.4 Å². The van der Waals surface area contributed by atoms with E-state index in [-0.39, 0.29) is 55.9 Å². The summed E-state index contributed by atoms with van der Waals surface area (Å²) in [5.41, 5.74) is 1.54. The van der Waals surface area contributed by atoms with E-state index in [9.17, 15) is 10.2 Å². The Morgan fingerprint density at radius 1 is 1.50 bits per heavy atom. The monoisotopic (exact) mass is 462 g/mol. The van der Waals surface area contributed by atoms with Gasteiger partial charge in [0, 0.05) is 55.2 Å². The summed E-state index contributed by atoms with van der Waals surface area (Å²) in [5, 5.41) is 19.3. The Labute approximate surface area is 143 Å². The third-order valence-corrected chi connectivity index (χ3v) is 3.07. The van der Waals surface area contributed by atoms with Crippen LogP contribution in [0, 0.1) is 51.0 Å². The number of hydrogen-bond donors (Lipinski definition) is 2. The first-order valence-corrected chi connectivity index (χ1v) is 5.81. The zero-order valence-corrected chi connectivity index (χ0v) is 15.4. The Balaban J connectivity index is 0.00000162. The molecule has 0 aromatic heterocycles. The second kappa shape index (κ2) is 6.88. The number of aromatic hydroxyl groups is 1. The molecule has 2 N–H and O–H groups in total. The Bertz CT molecular complexity index is 448. The van der Waals surface area contributed by atoms with E-state index < -0.39 is 6.10 Å². The number of phenolic OH excluding ortho intramolecular Hbond substituents is 1. The van der Waals surface area contributed by atoms with Gasteiger partial charge in [0.25, 0.3) is 0 Å². The van der Waals surface area contributed by atoms with E-state index in [2.05, 4.69) is 4.99 Å². The van der Waals surface area contributed by atoms with Gasteiger partial charge in [-0.25, -0.2) is 4.99 Å². The molecule has 0 saturated heterocycles. The molecule has 1 heterocycles. The van der Waals surface area contributed by atoms with Crippen LogP contribution in [0.2, 0.25) is 0 Å². The van der Waals surface area contributed by atoms with Crippen LogP contribution in [0.5, 0.6) is 5.75 Å². The Hall–Kier alpha value is -0.108. The molecule has 1 aromatic rings. The number of hydrogen-bond acceptors (Lipinski definition) is 4. The maximum absolute atomic E-state index is 9.71. The third-order valence-electron chi connectivity index (χ3n) is 3.07. The van der Waals surface area contributed by atoms with Crippen LogP contribution in [-0.4, -0.2) is 34.9 Å². The zero-order chi connectivity index (χ0) is 12.4. The average Bonchev–Trinajstić information content (AvgIpc) is 2.81. The van der Waals surface area contributed by atoms with E-state index in [1.165, 1.54) is 0 Å². The quantitative estimate of drug-likeness (QED) is 0.718. The summed E-state index contributed by atoms with van der Waals surface area (Å²) >= 11 is 0. The summed E-state index contributed by atoms with van der Waals surface area (Å²) in [7, 11) is 0. The minimum atomic E-state index is -0.467. The van der Waals surface area contributed by atoms with Crippen molar-refractivity contribution in [1.29, 1.82) is 0 Å². The molecule has 5 heteroatoms. The fourth-order valence-electron chi connectivity index (χ4n) is 1.86. The first-order chi connectivity index (χ1) is 8.13. The number of rotatable bonds is 3. The van der Waals surface area contributed by atoms with Crippen LogP contribution >= 0.6 is 0 Å². The van der Waals surface area contributed by atoms with Crippen molar-refractivity contribution in [2.75, 3.05) is 6.61 Å². The van der Waals surface area contributed by atoms with E-state index in [0.717, 1.165) is 11.1 Å². The number of aliphatic imine (C=N–C) groups is 1. The summed E-state index contributed by atoms with van der Waals surface area (Å²) in [4.78, 5) is 4.36. The Morgan fingerprint density at radius 2 is 2.22 bits per heavy atom. The van der Waals surface area contributed by atoms with Crippen molar-refractivity contribution in [3.8, 4) is 5.75 Å². The summed E-state index contributed by atoms with van der Waals surface area (Å²) < 4.78 is 5.49. The molecule has 1 aliphatic rings. The normalized spacial score (nSPS) is 19.7. The van der Waals surface area contributed by atoms with Gasteiger partial charge in [-0.05, 0) is 25.5 Å². The van der Waals surface area contributed by atoms with Gasteiger partial charge < -0.3 is 14.9 Å². The van der Waals surface area contributed by atoms with E-state index in [1.54, 1.807) is 12.1 Å². The molecule has 0 amide bonds. The van der Waals surface area contributed by atoms with Gasteiger partial charge in [-0.1, -0.05) is 13.0 Å². The smallest absolute Gasteiger partial charge is 0.217 e. The molecule has 4 nitrogen and oxygen atoms in total. The average molecular weight is 462 g/mol. The predicted molar refractivity (Wildman–Crippen MR) is 65.4 cm³/mol. The molecule has 0 fully saturated rings. The fraction of sp³-hybridized carbons (Fsp3) is 0.462. The molecule has 1 aromatic carbocycles. The van der Waals surface area contributed by atoms with Crippen LogP contribution in [0.3, 0.4) is 0 Å². The molecule has 2 rings (SSSR count). The molecule has 0 saturated carbocycles. The topological polar surface area (TPSA) is 62.0 Å². The van der Waals surface area contributed by atoms with Gasteiger partial charge in [0.2, 0.25) is 5.90 Å². The van der Waals surface area contributed by atoms with Crippen molar-refractivity contribution in [1.82, 2.24) is 0 Å². The van der Waals surface area contributed by atoms with E-state index in [0.29, 0.717) is 18.9 Å². The van der Waals surface area contributed by atoms with Crippen LogP contribution < -0.4 is 0 Å². The van der Waals surface area contributed by atoms with Gasteiger partial charge in [-0.2, -0.15) is 0 Å². The van der Waals surface area contributed by atoms with Crippen LogP contribution in [0.1, 0.15) is 24.5 Å². The van der Waals surface area contributed by atoms with Gasteiger partial charge in [0.15, 0.2) is 0 Å². The Morgan fingerprint density at radius 3 is 2.89 bits per heavy atom. The van der Waals surface area contributed by atoms with Crippen LogP contribution in [-0.2, 0) is 4.74 Å². The standard InChI is InChI=1S/C13H17NO3.Ac/c1-3-11(15)10-7-17-13(14-10)9-5-4-6-12(16)8(9)2;/h4-6,10-11,15-16H,3,7H2,1-2H3;/t10-,11?;/m0./s1. The molecule has 0 spiro atoms. The Kier molecular flexibility index (Phi) is 6.10. The molecule has 1 radical (unpaired) electrons. The molecule has 1 aliphatic heterocycles. The van der Waals surface area contributed by atoms with Crippen LogP contribution in [0.4, 0.5) is 0 Å². The van der Waals surface area contributed by atoms with Crippen LogP contribution in [0.15, 0.2) is 23.2 Å². The second-order valence-electron chi connectivity index (χ2n) is 4.24. The number of ether oxygens (including phenoxy) is 1. The van der Waals surface area contributed by atoms with E-state index in [4.69, 9.17) is 4.74 Å². The first-order valence-electron chi connectivity index (χ1n) is 5.81.